The van der Waals surface area contributed by atoms with Crippen molar-refractivity contribution >= 4 is 9.73 Å². The molecule has 2 heterocycles. The molecule has 4 nitrogen and oxygen atoms in total. The smallest absolute Gasteiger partial charge is 0.202 e. The highest BCUT2D eigenvalue weighted by molar-refractivity contribution is 7.97. The monoisotopic (exact) mass is 347 g/mol. The Bertz CT molecular complexity index is 775. The van der Waals surface area contributed by atoms with Gasteiger partial charge in [0.1, 0.15) is 9.73 Å². The molecule has 1 unspecified atom stereocenters. The van der Waals surface area contributed by atoms with Gasteiger partial charge in [0, 0.05) is 19.4 Å². The van der Waals surface area contributed by atoms with Crippen molar-refractivity contribution in [2.45, 2.75) is 43.5 Å². The number of fused-ring (bicyclic) bond motifs is 2. The zero-order chi connectivity index (χ0) is 17.4. The lowest BCUT2D eigenvalue weighted by Gasteiger charge is -2.41. The lowest BCUT2D eigenvalue weighted by molar-refractivity contribution is -0.207. The fraction of sp³-hybridized carbons (Fsp3) is 0.474. The fourth-order valence-electron chi connectivity index (χ4n) is 3.44. The third-order valence-corrected chi connectivity index (χ3v) is 7.28. The van der Waals surface area contributed by atoms with Crippen LogP contribution in [0.25, 0.3) is 0 Å². The number of allylic oxidation sites excluding steroid dienone is 1. The number of ether oxygens (including phenoxy) is 1. The molecule has 0 fully saturated rings. The van der Waals surface area contributed by atoms with Gasteiger partial charge < -0.3 is 9.84 Å². The Kier molecular flexibility index (Phi) is 4.69. The number of aliphatic hydroxyl groups is 1. The molecule has 1 aromatic carbocycles. The Labute approximate surface area is 144 Å². The van der Waals surface area contributed by atoms with Crippen molar-refractivity contribution in [2.75, 3.05) is 7.05 Å². The number of rotatable bonds is 3. The van der Waals surface area contributed by atoms with Crippen LogP contribution in [0.2, 0.25) is 0 Å². The molecule has 2 aliphatic rings. The first-order valence-corrected chi connectivity index (χ1v) is 9.92. The molecule has 1 aromatic rings. The normalized spacial score (nSPS) is 32.0. The van der Waals surface area contributed by atoms with Gasteiger partial charge in [0.2, 0.25) is 5.79 Å². The van der Waals surface area contributed by atoms with E-state index in [-0.39, 0.29) is 12.0 Å². The maximum absolute atomic E-state index is 13.8. The number of benzene rings is 1. The summed E-state index contributed by atoms with van der Waals surface area (Å²) in [5.41, 5.74) is 0. The van der Waals surface area contributed by atoms with Crippen LogP contribution in [0.5, 0.6) is 0 Å². The highest BCUT2D eigenvalue weighted by Gasteiger charge is 2.47. The first kappa shape index (κ1) is 17.4. The van der Waals surface area contributed by atoms with Gasteiger partial charge in [0.15, 0.2) is 0 Å². The molecule has 2 bridgehead atoms. The molecular formula is C19H25NO3S. The predicted octanol–water partition coefficient (Wildman–Crippen LogP) is 3.74. The SMILES string of the molecule is CN=S(=O)(C1=C[C@@H](C(C)C)[C@@H]2C=CCC[C@@]1(O)O2)c1ccccc1. The quantitative estimate of drug-likeness (QED) is 0.848. The van der Waals surface area contributed by atoms with Gasteiger partial charge in [-0.25, -0.2) is 8.57 Å². The molecule has 2 aliphatic heterocycles. The van der Waals surface area contributed by atoms with E-state index < -0.39 is 15.5 Å². The van der Waals surface area contributed by atoms with Gasteiger partial charge in [-0.2, -0.15) is 0 Å². The van der Waals surface area contributed by atoms with E-state index in [0.29, 0.717) is 28.6 Å². The van der Waals surface area contributed by atoms with E-state index in [9.17, 15) is 9.32 Å². The van der Waals surface area contributed by atoms with E-state index in [1.807, 2.05) is 36.4 Å². The van der Waals surface area contributed by atoms with Gasteiger partial charge >= 0.3 is 0 Å². The minimum atomic E-state index is -2.92. The molecule has 0 spiro atoms. The van der Waals surface area contributed by atoms with Crippen molar-refractivity contribution in [2.24, 2.45) is 16.2 Å². The third kappa shape index (κ3) is 2.85. The van der Waals surface area contributed by atoms with E-state index in [1.54, 1.807) is 19.2 Å². The van der Waals surface area contributed by atoms with Crippen molar-refractivity contribution in [3.05, 3.63) is 53.5 Å². The van der Waals surface area contributed by atoms with Crippen LogP contribution >= 0.6 is 0 Å². The van der Waals surface area contributed by atoms with Crippen LogP contribution < -0.4 is 0 Å². The van der Waals surface area contributed by atoms with E-state index in [2.05, 4.69) is 18.2 Å². The van der Waals surface area contributed by atoms with E-state index in [1.165, 1.54) is 0 Å². The summed E-state index contributed by atoms with van der Waals surface area (Å²) in [4.78, 5) is 1.01. The molecule has 0 saturated heterocycles. The van der Waals surface area contributed by atoms with Gasteiger partial charge in [-0.3, -0.25) is 0 Å². The second-order valence-electron chi connectivity index (χ2n) is 6.71. The summed E-state index contributed by atoms with van der Waals surface area (Å²) in [5.74, 6) is -1.18. The molecule has 24 heavy (non-hydrogen) atoms. The van der Waals surface area contributed by atoms with E-state index >= 15 is 0 Å². The lowest BCUT2D eigenvalue weighted by Crippen LogP contribution is -2.46. The minimum Gasteiger partial charge on any atom is -0.361 e. The summed E-state index contributed by atoms with van der Waals surface area (Å²) in [6.07, 6.45) is 6.89. The second kappa shape index (κ2) is 6.47. The maximum Gasteiger partial charge on any atom is 0.202 e. The largest absolute Gasteiger partial charge is 0.361 e. The standard InChI is InChI=1S/C19H25NO3S/c1-14(2)16-13-18(19(21)12-8-7-11-17(16)23-19)24(22,20-3)15-9-5-4-6-10-15/h4-7,9-11,13-14,16-17,21H,8,12H2,1-3H3/t16-,17-,19+,24?/m0/s1. The van der Waals surface area contributed by atoms with Crippen LogP contribution in [0.15, 0.2) is 62.7 Å². The Morgan fingerprint density at radius 1 is 1.33 bits per heavy atom. The molecule has 1 N–H and O–H groups in total. The summed E-state index contributed by atoms with van der Waals surface area (Å²) in [7, 11) is -1.37. The van der Waals surface area contributed by atoms with Gasteiger partial charge in [0.25, 0.3) is 0 Å². The highest BCUT2D eigenvalue weighted by atomic mass is 32.2. The van der Waals surface area contributed by atoms with Crippen molar-refractivity contribution in [1.29, 1.82) is 0 Å². The molecule has 0 amide bonds. The summed E-state index contributed by atoms with van der Waals surface area (Å²) < 4.78 is 24.1. The van der Waals surface area contributed by atoms with Crippen molar-refractivity contribution in [1.82, 2.24) is 0 Å². The van der Waals surface area contributed by atoms with Crippen molar-refractivity contribution in [3.63, 3.8) is 0 Å². The van der Waals surface area contributed by atoms with Crippen molar-refractivity contribution in [3.8, 4) is 0 Å². The van der Waals surface area contributed by atoms with Gasteiger partial charge in [-0.1, -0.05) is 50.3 Å². The van der Waals surface area contributed by atoms with Crippen LogP contribution in [0.3, 0.4) is 0 Å². The Balaban J connectivity index is 2.20. The Morgan fingerprint density at radius 3 is 2.67 bits per heavy atom. The molecule has 4 atom stereocenters. The minimum absolute atomic E-state index is 0.0564. The summed E-state index contributed by atoms with van der Waals surface area (Å²) in [5, 5.41) is 11.2. The number of hydrogen-bond donors (Lipinski definition) is 1. The highest BCUT2D eigenvalue weighted by Crippen LogP contribution is 2.44. The van der Waals surface area contributed by atoms with E-state index in [0.717, 1.165) is 0 Å². The topological polar surface area (TPSA) is 58.9 Å². The van der Waals surface area contributed by atoms with Crippen LogP contribution in [0.1, 0.15) is 26.7 Å². The predicted molar refractivity (Wildman–Crippen MR) is 95.8 cm³/mol. The molecule has 0 saturated carbocycles. The number of hydrogen-bond acceptors (Lipinski definition) is 4. The molecule has 0 aromatic heterocycles. The fourth-order valence-corrected chi connectivity index (χ4v) is 5.55. The maximum atomic E-state index is 13.8. The Morgan fingerprint density at radius 2 is 2.04 bits per heavy atom. The number of nitrogens with zero attached hydrogens (tertiary/aromatic N) is 1. The first-order chi connectivity index (χ1) is 11.4. The zero-order valence-corrected chi connectivity index (χ0v) is 15.2. The van der Waals surface area contributed by atoms with Crippen molar-refractivity contribution < 1.29 is 14.1 Å². The zero-order valence-electron chi connectivity index (χ0n) is 14.4. The van der Waals surface area contributed by atoms with Crippen LogP contribution in [-0.4, -0.2) is 28.3 Å². The average Bonchev–Trinajstić information content (AvgIpc) is 2.74. The van der Waals surface area contributed by atoms with Gasteiger partial charge in [-0.05, 0) is 24.5 Å². The second-order valence-corrected chi connectivity index (χ2v) is 9.04. The average molecular weight is 347 g/mol. The van der Waals surface area contributed by atoms with Crippen LogP contribution in [0.4, 0.5) is 0 Å². The molecule has 5 heteroatoms. The summed E-state index contributed by atoms with van der Waals surface area (Å²) in [6.45, 7) is 4.22. The molecule has 3 rings (SSSR count). The molecule has 130 valence electrons. The van der Waals surface area contributed by atoms with Gasteiger partial charge in [0.05, 0.1) is 15.9 Å². The van der Waals surface area contributed by atoms with Crippen LogP contribution in [0, 0.1) is 11.8 Å². The summed E-state index contributed by atoms with van der Waals surface area (Å²) in [6, 6.07) is 9.15. The Hall–Kier alpha value is -1.43. The van der Waals surface area contributed by atoms with E-state index in [4.69, 9.17) is 4.74 Å². The van der Waals surface area contributed by atoms with Crippen LogP contribution in [-0.2, 0) is 14.5 Å². The molecule has 0 aliphatic carbocycles. The molecule has 0 radical (unpaired) electrons. The third-order valence-electron chi connectivity index (χ3n) is 4.80. The first-order valence-electron chi connectivity index (χ1n) is 8.40. The lowest BCUT2D eigenvalue weighted by atomic mass is 9.87. The summed E-state index contributed by atoms with van der Waals surface area (Å²) >= 11 is 0. The molecular weight excluding hydrogens is 322 g/mol. The van der Waals surface area contributed by atoms with Gasteiger partial charge in [-0.15, -0.1) is 0 Å².